The van der Waals surface area contributed by atoms with Crippen LogP contribution in [-0.4, -0.2) is 48.3 Å². The Balaban J connectivity index is 2.70. The summed E-state index contributed by atoms with van der Waals surface area (Å²) in [6.07, 6.45) is 0.703. The van der Waals surface area contributed by atoms with Crippen molar-refractivity contribution in [2.24, 2.45) is 5.16 Å². The number of hydrogen-bond donors (Lipinski definition) is 2. The third-order valence-corrected chi connectivity index (χ3v) is 4.51. The van der Waals surface area contributed by atoms with Crippen molar-refractivity contribution in [2.75, 3.05) is 25.5 Å². The van der Waals surface area contributed by atoms with Crippen LogP contribution in [0, 0.1) is 12.7 Å². The number of ether oxygens (including phenoxy) is 1. The Morgan fingerprint density at radius 3 is 2.52 bits per heavy atom. The molecule has 29 heavy (non-hydrogen) atoms. The van der Waals surface area contributed by atoms with Crippen LogP contribution in [0.15, 0.2) is 35.5 Å². The van der Waals surface area contributed by atoms with Gasteiger partial charge in [-0.2, -0.15) is 0 Å². The minimum absolute atomic E-state index is 0.245. The highest BCUT2D eigenvalue weighted by atomic mass is 19.1. The highest BCUT2D eigenvalue weighted by Gasteiger charge is 2.22. The van der Waals surface area contributed by atoms with Gasteiger partial charge in [-0.15, -0.1) is 0 Å². The van der Waals surface area contributed by atoms with E-state index in [-0.39, 0.29) is 11.5 Å². The molecule has 0 aliphatic heterocycles. The molecule has 2 rings (SSSR count). The normalized spacial score (nSPS) is 10.8. The highest BCUT2D eigenvalue weighted by Crippen LogP contribution is 2.35. The molecule has 2 N–H and O–H groups in total. The van der Waals surface area contributed by atoms with Crippen molar-refractivity contribution in [2.45, 2.75) is 20.8 Å². The molecular formula is C21H24FN3O4. The standard InChI is InChI=1S/C21H24FN3O4/c1-5-25(6-2)21(27)17-10-14(16-11-15(22)7-8-18(16)29-4)9-13(3)20(17)24-19(26)12-23-28/h7-12,28H,5-6H2,1-4H3,(H,24,26). The molecule has 8 heteroatoms. The average molecular weight is 401 g/mol. The van der Waals surface area contributed by atoms with Gasteiger partial charge in [0.2, 0.25) is 0 Å². The fourth-order valence-corrected chi connectivity index (χ4v) is 3.07. The Morgan fingerprint density at radius 2 is 1.93 bits per heavy atom. The lowest BCUT2D eigenvalue weighted by Gasteiger charge is -2.22. The number of nitrogens with zero attached hydrogens (tertiary/aromatic N) is 2. The lowest BCUT2D eigenvalue weighted by Crippen LogP contribution is -2.31. The molecule has 2 aromatic carbocycles. The maximum absolute atomic E-state index is 13.9. The topological polar surface area (TPSA) is 91.2 Å². The number of amides is 2. The fourth-order valence-electron chi connectivity index (χ4n) is 3.07. The number of carbonyl (C=O) groups excluding carboxylic acids is 2. The predicted octanol–water partition coefficient (Wildman–Crippen LogP) is 3.69. The fraction of sp³-hybridized carbons (Fsp3) is 0.286. The first kappa shape index (κ1) is 21.9. The molecule has 0 aliphatic rings. The largest absolute Gasteiger partial charge is 0.496 e. The van der Waals surface area contributed by atoms with Gasteiger partial charge >= 0.3 is 0 Å². The molecule has 0 saturated carbocycles. The van der Waals surface area contributed by atoms with Gasteiger partial charge in [-0.3, -0.25) is 9.59 Å². The minimum Gasteiger partial charge on any atom is -0.496 e. The zero-order valence-corrected chi connectivity index (χ0v) is 16.8. The van der Waals surface area contributed by atoms with E-state index in [0.29, 0.717) is 47.4 Å². The number of hydrogen-bond acceptors (Lipinski definition) is 5. The van der Waals surface area contributed by atoms with Crippen LogP contribution in [0.2, 0.25) is 0 Å². The first-order valence-corrected chi connectivity index (χ1v) is 9.12. The van der Waals surface area contributed by atoms with E-state index in [2.05, 4.69) is 10.5 Å². The number of carbonyl (C=O) groups is 2. The second-order valence-corrected chi connectivity index (χ2v) is 6.27. The van der Waals surface area contributed by atoms with Crippen molar-refractivity contribution >= 4 is 23.7 Å². The first-order valence-electron chi connectivity index (χ1n) is 9.12. The monoisotopic (exact) mass is 401 g/mol. The molecule has 2 amide bonds. The van der Waals surface area contributed by atoms with Crippen LogP contribution in [0.4, 0.5) is 10.1 Å². The summed E-state index contributed by atoms with van der Waals surface area (Å²) in [4.78, 5) is 26.7. The molecule has 154 valence electrons. The van der Waals surface area contributed by atoms with Crippen LogP contribution in [0.25, 0.3) is 11.1 Å². The molecule has 0 atom stereocenters. The van der Waals surface area contributed by atoms with Gasteiger partial charge < -0.3 is 20.2 Å². The number of methoxy groups -OCH3 is 1. The highest BCUT2D eigenvalue weighted by molar-refractivity contribution is 6.32. The van der Waals surface area contributed by atoms with E-state index in [9.17, 15) is 14.0 Å². The quantitative estimate of drug-likeness (QED) is 0.421. The van der Waals surface area contributed by atoms with Crippen molar-refractivity contribution in [1.82, 2.24) is 4.90 Å². The van der Waals surface area contributed by atoms with E-state index in [1.165, 1.54) is 25.3 Å². The van der Waals surface area contributed by atoms with Crippen molar-refractivity contribution in [3.63, 3.8) is 0 Å². The second-order valence-electron chi connectivity index (χ2n) is 6.27. The van der Waals surface area contributed by atoms with Crippen molar-refractivity contribution in [3.05, 3.63) is 47.3 Å². The smallest absolute Gasteiger partial charge is 0.270 e. The van der Waals surface area contributed by atoms with Gasteiger partial charge in [0.05, 0.1) is 18.4 Å². The van der Waals surface area contributed by atoms with Crippen molar-refractivity contribution in [3.8, 4) is 16.9 Å². The molecule has 0 aliphatic carbocycles. The van der Waals surface area contributed by atoms with Crippen molar-refractivity contribution in [1.29, 1.82) is 0 Å². The first-order chi connectivity index (χ1) is 13.9. The Bertz CT molecular complexity index is 940. The summed E-state index contributed by atoms with van der Waals surface area (Å²) in [5.41, 5.74) is 2.19. The number of rotatable bonds is 7. The van der Waals surface area contributed by atoms with E-state index >= 15 is 0 Å². The number of aryl methyl sites for hydroxylation is 1. The van der Waals surface area contributed by atoms with Crippen LogP contribution in [0.3, 0.4) is 0 Å². The Hall–Kier alpha value is -3.42. The van der Waals surface area contributed by atoms with E-state index < -0.39 is 11.7 Å². The predicted molar refractivity (Wildman–Crippen MR) is 109 cm³/mol. The minimum atomic E-state index is -0.680. The molecule has 2 aromatic rings. The van der Waals surface area contributed by atoms with Gasteiger partial charge in [0.15, 0.2) is 0 Å². The zero-order chi connectivity index (χ0) is 21.6. The molecule has 0 fully saturated rings. The van der Waals surface area contributed by atoms with E-state index in [1.54, 1.807) is 24.0 Å². The Labute approximate surface area is 168 Å². The summed E-state index contributed by atoms with van der Waals surface area (Å²) in [5, 5.41) is 13.9. The Kier molecular flexibility index (Phi) is 7.30. The number of nitrogens with one attached hydrogen (secondary N) is 1. The van der Waals surface area contributed by atoms with Crippen LogP contribution in [0.1, 0.15) is 29.8 Å². The molecule has 0 radical (unpaired) electrons. The molecule has 0 heterocycles. The van der Waals surface area contributed by atoms with Gasteiger partial charge in [-0.05, 0) is 62.2 Å². The lowest BCUT2D eigenvalue weighted by molar-refractivity contribution is -0.110. The summed E-state index contributed by atoms with van der Waals surface area (Å²) < 4.78 is 19.2. The molecule has 0 aromatic heterocycles. The molecule has 0 bridgehead atoms. The van der Waals surface area contributed by atoms with Crippen molar-refractivity contribution < 1.29 is 23.9 Å². The van der Waals surface area contributed by atoms with E-state index in [0.717, 1.165) is 0 Å². The third kappa shape index (κ3) is 4.90. The Morgan fingerprint density at radius 1 is 1.24 bits per heavy atom. The summed E-state index contributed by atoms with van der Waals surface area (Å²) in [6, 6.07) is 7.45. The number of oxime groups is 1. The molecule has 0 unspecified atom stereocenters. The number of benzene rings is 2. The molecule has 0 spiro atoms. The van der Waals surface area contributed by atoms with Gasteiger partial charge in [-0.1, -0.05) is 5.16 Å². The van der Waals surface area contributed by atoms with Gasteiger partial charge in [0, 0.05) is 18.7 Å². The van der Waals surface area contributed by atoms with Crippen LogP contribution in [-0.2, 0) is 4.79 Å². The number of anilines is 1. The van der Waals surface area contributed by atoms with Crippen LogP contribution >= 0.6 is 0 Å². The maximum atomic E-state index is 13.9. The maximum Gasteiger partial charge on any atom is 0.270 e. The molecule has 0 saturated heterocycles. The van der Waals surface area contributed by atoms with Crippen LogP contribution in [0.5, 0.6) is 5.75 Å². The van der Waals surface area contributed by atoms with E-state index in [1.807, 2.05) is 13.8 Å². The average Bonchev–Trinajstić information content (AvgIpc) is 2.70. The second kappa shape index (κ2) is 9.68. The lowest BCUT2D eigenvalue weighted by atomic mass is 9.96. The molecular weight excluding hydrogens is 377 g/mol. The third-order valence-electron chi connectivity index (χ3n) is 4.51. The molecule has 7 nitrogen and oxygen atoms in total. The van der Waals surface area contributed by atoms with Gasteiger partial charge in [0.25, 0.3) is 11.8 Å². The summed E-state index contributed by atoms with van der Waals surface area (Å²) in [7, 11) is 1.48. The van der Waals surface area contributed by atoms with E-state index in [4.69, 9.17) is 9.94 Å². The summed E-state index contributed by atoms with van der Waals surface area (Å²) in [5.74, 6) is -0.949. The van der Waals surface area contributed by atoms with Gasteiger partial charge in [-0.25, -0.2) is 4.39 Å². The SMILES string of the molecule is CCN(CC)C(=O)c1cc(-c2cc(F)ccc2OC)cc(C)c1NC(=O)C=NO. The van der Waals surface area contributed by atoms with Crippen LogP contribution < -0.4 is 10.1 Å². The summed E-state index contributed by atoms with van der Waals surface area (Å²) >= 11 is 0. The number of halogens is 1. The zero-order valence-electron chi connectivity index (χ0n) is 16.8. The van der Waals surface area contributed by atoms with Gasteiger partial charge in [0.1, 0.15) is 17.8 Å². The summed E-state index contributed by atoms with van der Waals surface area (Å²) in [6.45, 7) is 6.38.